The maximum absolute atomic E-state index is 13.3. The van der Waals surface area contributed by atoms with E-state index in [1.165, 1.54) is 0 Å². The highest BCUT2D eigenvalue weighted by Gasteiger charge is 2.34. The molecule has 0 fully saturated rings. The Balaban J connectivity index is 2.15. The van der Waals surface area contributed by atoms with E-state index < -0.39 is 17.9 Å². The number of carbonyl (C=O) groups is 2. The van der Waals surface area contributed by atoms with Crippen LogP contribution in [0.25, 0.3) is 0 Å². The van der Waals surface area contributed by atoms with E-state index in [9.17, 15) is 9.59 Å². The first-order chi connectivity index (χ1) is 16.5. The fraction of sp³-hybridized carbons (Fsp3) is 0.276. The van der Waals surface area contributed by atoms with E-state index in [4.69, 9.17) is 14.5 Å². The normalized spacial score (nSPS) is 12.5. The van der Waals surface area contributed by atoms with Crippen LogP contribution in [0.15, 0.2) is 96.0 Å². The van der Waals surface area contributed by atoms with Gasteiger partial charge in [-0.15, -0.1) is 0 Å². The third-order valence-electron chi connectivity index (χ3n) is 5.25. The lowest BCUT2D eigenvalue weighted by molar-refractivity contribution is -0.149. The number of nitrogens with zero attached hydrogens (tertiary/aromatic N) is 1. The summed E-state index contributed by atoms with van der Waals surface area (Å²) in [4.78, 5) is 31.0. The minimum Gasteiger partial charge on any atom is -0.464 e. The van der Waals surface area contributed by atoms with E-state index in [1.807, 2.05) is 91.0 Å². The molecule has 5 heteroatoms. The molecular weight excluding hydrogens is 426 g/mol. The fourth-order valence-electron chi connectivity index (χ4n) is 3.78. The summed E-state index contributed by atoms with van der Waals surface area (Å²) < 4.78 is 10.9. The van der Waals surface area contributed by atoms with Crippen LogP contribution in [0.5, 0.6) is 0 Å². The van der Waals surface area contributed by atoms with Gasteiger partial charge in [-0.05, 0) is 26.3 Å². The average molecular weight is 458 g/mol. The van der Waals surface area contributed by atoms with Crippen LogP contribution in [-0.2, 0) is 19.1 Å². The van der Waals surface area contributed by atoms with Crippen molar-refractivity contribution in [1.29, 1.82) is 0 Å². The smallest absolute Gasteiger partial charge is 0.331 e. The third-order valence-corrected chi connectivity index (χ3v) is 5.25. The van der Waals surface area contributed by atoms with Gasteiger partial charge in [-0.25, -0.2) is 4.79 Å². The van der Waals surface area contributed by atoms with Gasteiger partial charge in [0.25, 0.3) is 0 Å². The second-order valence-electron chi connectivity index (χ2n) is 8.17. The number of hydrogen-bond donors (Lipinski definition) is 0. The number of ether oxygens (including phenoxy) is 2. The molecule has 0 N–H and O–H groups in total. The standard InChI is InChI=1S/C29H31NO4/c1-4-33-29(32)28(25(20-26(31)34-21(2)3)22-14-8-5-9-15-22)30-27(23-16-10-6-11-17-23)24-18-12-7-13-19-24/h5-19,21,25,28H,4,20H2,1-3H3. The predicted octanol–water partition coefficient (Wildman–Crippen LogP) is 5.58. The van der Waals surface area contributed by atoms with Gasteiger partial charge in [0.1, 0.15) is 0 Å². The third kappa shape index (κ3) is 6.88. The van der Waals surface area contributed by atoms with Crippen molar-refractivity contribution < 1.29 is 19.1 Å². The van der Waals surface area contributed by atoms with Crippen LogP contribution < -0.4 is 0 Å². The van der Waals surface area contributed by atoms with Gasteiger partial charge < -0.3 is 9.47 Å². The molecule has 0 aliphatic heterocycles. The Hall–Kier alpha value is -3.73. The highest BCUT2D eigenvalue weighted by Crippen LogP contribution is 2.29. The molecule has 0 aliphatic carbocycles. The Bertz CT molecular complexity index is 1040. The van der Waals surface area contributed by atoms with Crippen LogP contribution in [-0.4, -0.2) is 36.4 Å². The summed E-state index contributed by atoms with van der Waals surface area (Å²) in [6.07, 6.45) is -0.246. The van der Waals surface area contributed by atoms with Gasteiger partial charge in [0.05, 0.1) is 24.8 Å². The molecule has 5 nitrogen and oxygen atoms in total. The average Bonchev–Trinajstić information content (AvgIpc) is 2.85. The monoisotopic (exact) mass is 457 g/mol. The second kappa shape index (κ2) is 12.5. The lowest BCUT2D eigenvalue weighted by Gasteiger charge is -2.24. The van der Waals surface area contributed by atoms with Crippen LogP contribution >= 0.6 is 0 Å². The van der Waals surface area contributed by atoms with Gasteiger partial charge >= 0.3 is 11.9 Å². The Morgan fingerprint density at radius 1 is 0.794 bits per heavy atom. The zero-order valence-corrected chi connectivity index (χ0v) is 19.9. The van der Waals surface area contributed by atoms with Crippen molar-refractivity contribution in [2.75, 3.05) is 6.61 Å². The topological polar surface area (TPSA) is 65.0 Å². The molecule has 3 aromatic rings. The molecule has 0 radical (unpaired) electrons. The summed E-state index contributed by atoms with van der Waals surface area (Å²) in [5, 5.41) is 0. The first-order valence-corrected chi connectivity index (χ1v) is 11.6. The van der Waals surface area contributed by atoms with E-state index in [0.29, 0.717) is 5.71 Å². The van der Waals surface area contributed by atoms with E-state index >= 15 is 0 Å². The van der Waals surface area contributed by atoms with Gasteiger partial charge in [-0.2, -0.15) is 0 Å². The van der Waals surface area contributed by atoms with Crippen molar-refractivity contribution in [2.24, 2.45) is 4.99 Å². The first-order valence-electron chi connectivity index (χ1n) is 11.6. The highest BCUT2D eigenvalue weighted by atomic mass is 16.5. The minimum atomic E-state index is -0.933. The SMILES string of the molecule is CCOC(=O)C(N=C(c1ccccc1)c1ccccc1)C(CC(=O)OC(C)C)c1ccccc1. The highest BCUT2D eigenvalue weighted by molar-refractivity contribution is 6.13. The lowest BCUT2D eigenvalue weighted by Crippen LogP contribution is -2.32. The Labute approximate surface area is 201 Å². The molecule has 0 heterocycles. The number of aliphatic imine (C=N–C) groups is 1. The van der Waals surface area contributed by atoms with E-state index in [1.54, 1.807) is 20.8 Å². The molecule has 0 saturated heterocycles. The van der Waals surface area contributed by atoms with E-state index in [2.05, 4.69) is 0 Å². The van der Waals surface area contributed by atoms with Gasteiger partial charge in [0.2, 0.25) is 0 Å². The summed E-state index contributed by atoms with van der Waals surface area (Å²) in [7, 11) is 0. The Morgan fingerprint density at radius 2 is 1.29 bits per heavy atom. The Morgan fingerprint density at radius 3 is 1.76 bits per heavy atom. The molecule has 2 unspecified atom stereocenters. The molecule has 2 atom stereocenters. The molecule has 0 aromatic heterocycles. The van der Waals surface area contributed by atoms with Gasteiger partial charge in [0.15, 0.2) is 6.04 Å². The van der Waals surface area contributed by atoms with Crippen molar-refractivity contribution >= 4 is 17.7 Å². The number of esters is 2. The van der Waals surface area contributed by atoms with E-state index in [0.717, 1.165) is 16.7 Å². The minimum absolute atomic E-state index is 0.00599. The lowest BCUT2D eigenvalue weighted by atomic mass is 9.88. The fourth-order valence-corrected chi connectivity index (χ4v) is 3.78. The van der Waals surface area contributed by atoms with Crippen LogP contribution in [0.4, 0.5) is 0 Å². The van der Waals surface area contributed by atoms with Crippen molar-refractivity contribution in [3.05, 3.63) is 108 Å². The first kappa shape index (κ1) is 24.9. The van der Waals surface area contributed by atoms with Crippen molar-refractivity contribution in [3.8, 4) is 0 Å². The van der Waals surface area contributed by atoms with Gasteiger partial charge in [-0.3, -0.25) is 9.79 Å². The van der Waals surface area contributed by atoms with Gasteiger partial charge in [-0.1, -0.05) is 91.0 Å². The summed E-state index contributed by atoms with van der Waals surface area (Å²) in [5.74, 6) is -1.40. The summed E-state index contributed by atoms with van der Waals surface area (Å²) >= 11 is 0. The van der Waals surface area contributed by atoms with Crippen molar-refractivity contribution in [2.45, 2.75) is 45.3 Å². The summed E-state index contributed by atoms with van der Waals surface area (Å²) in [5.41, 5.74) is 3.24. The van der Waals surface area contributed by atoms with Crippen LogP contribution in [0.1, 0.15) is 49.8 Å². The van der Waals surface area contributed by atoms with Gasteiger partial charge in [0, 0.05) is 17.0 Å². The van der Waals surface area contributed by atoms with Crippen molar-refractivity contribution in [1.82, 2.24) is 0 Å². The second-order valence-corrected chi connectivity index (χ2v) is 8.17. The molecule has 0 amide bonds. The quantitative estimate of drug-likeness (QED) is 0.294. The molecule has 0 saturated carbocycles. The largest absolute Gasteiger partial charge is 0.464 e. The molecule has 34 heavy (non-hydrogen) atoms. The zero-order chi connectivity index (χ0) is 24.3. The number of carbonyl (C=O) groups excluding carboxylic acids is 2. The maximum Gasteiger partial charge on any atom is 0.331 e. The molecule has 176 valence electrons. The molecule has 3 aromatic carbocycles. The number of rotatable bonds is 10. The van der Waals surface area contributed by atoms with Crippen LogP contribution in [0, 0.1) is 0 Å². The molecule has 0 aliphatic rings. The molecule has 0 bridgehead atoms. The van der Waals surface area contributed by atoms with Crippen molar-refractivity contribution in [3.63, 3.8) is 0 Å². The van der Waals surface area contributed by atoms with Crippen LogP contribution in [0.3, 0.4) is 0 Å². The number of hydrogen-bond acceptors (Lipinski definition) is 5. The summed E-state index contributed by atoms with van der Waals surface area (Å²) in [6, 6.07) is 28.0. The molecular formula is C29H31NO4. The number of benzene rings is 3. The van der Waals surface area contributed by atoms with Crippen LogP contribution in [0.2, 0.25) is 0 Å². The molecule has 3 rings (SSSR count). The zero-order valence-electron chi connectivity index (χ0n) is 19.9. The summed E-state index contributed by atoms with van der Waals surface area (Å²) in [6.45, 7) is 5.59. The van der Waals surface area contributed by atoms with E-state index in [-0.39, 0.29) is 25.1 Å². The maximum atomic E-state index is 13.3. The predicted molar refractivity (Wildman–Crippen MR) is 134 cm³/mol. The molecule has 0 spiro atoms. The Kier molecular flexibility index (Phi) is 9.15.